The predicted molar refractivity (Wildman–Crippen MR) is 42.2 cm³/mol. The van der Waals surface area contributed by atoms with Crippen LogP contribution in [0.3, 0.4) is 0 Å². The molecule has 0 fully saturated rings. The lowest BCUT2D eigenvalue weighted by molar-refractivity contribution is -0.347. The number of imidazole rings is 1. The number of nitrogen functional groups attached to an aromatic ring is 1. The molecule has 0 radical (unpaired) electrons. The highest BCUT2D eigenvalue weighted by atomic mass is 32.1. The maximum Gasteiger partial charge on any atom is 0.306 e. The summed E-state index contributed by atoms with van der Waals surface area (Å²) in [6, 6.07) is 0. The van der Waals surface area contributed by atoms with Crippen molar-refractivity contribution in [3.8, 4) is 0 Å². The maximum absolute atomic E-state index is 5.59. The Balaban J connectivity index is 3.02. The zero-order valence-corrected chi connectivity index (χ0v) is 6.33. The van der Waals surface area contributed by atoms with E-state index in [1.165, 1.54) is 0 Å². The van der Waals surface area contributed by atoms with E-state index in [9.17, 15) is 0 Å². The molecule has 0 aromatic carbocycles. The number of hydrogen-bond donors (Lipinski definition) is 3. The van der Waals surface area contributed by atoms with Crippen LogP contribution >= 0.6 is 12.2 Å². The Morgan fingerprint density at radius 2 is 2.45 bits per heavy atom. The zero-order chi connectivity index (χ0) is 7.84. The van der Waals surface area contributed by atoms with Crippen LogP contribution in [0.4, 0.5) is 5.82 Å². The zero-order valence-electron chi connectivity index (χ0n) is 5.51. The molecule has 11 heavy (non-hydrogen) atoms. The number of aromatic nitrogens is 4. The van der Waals surface area contributed by atoms with Crippen LogP contribution < -0.4 is 10.7 Å². The minimum Gasteiger partial charge on any atom is -0.382 e. The van der Waals surface area contributed by atoms with Gasteiger partial charge in [0.05, 0.1) is 0 Å². The van der Waals surface area contributed by atoms with Crippen molar-refractivity contribution in [2.45, 2.75) is 0 Å². The summed E-state index contributed by atoms with van der Waals surface area (Å²) < 4.78 is 0.380. The molecule has 5 nitrogen and oxygen atoms in total. The molecule has 2 aromatic heterocycles. The Kier molecular flexibility index (Phi) is 1.16. The van der Waals surface area contributed by atoms with E-state index in [2.05, 4.69) is 19.9 Å². The molecule has 0 spiro atoms. The van der Waals surface area contributed by atoms with E-state index in [0.717, 1.165) is 5.52 Å². The minimum absolute atomic E-state index is 0.380. The quantitative estimate of drug-likeness (QED) is 0.485. The molecule has 56 valence electrons. The predicted octanol–water partition coefficient (Wildman–Crippen LogP) is 0.0168. The van der Waals surface area contributed by atoms with Gasteiger partial charge in [-0.2, -0.15) is 0 Å². The molecule has 0 aliphatic heterocycles. The average Bonchev–Trinajstić information content (AvgIpc) is 2.34. The van der Waals surface area contributed by atoms with Gasteiger partial charge in [0.25, 0.3) is 4.77 Å². The SMILES string of the molecule is Nc1[nH]c(=S)nc2[nH+]c[nH]c12. The molecular formula is C5H6N5S+. The first-order valence-electron chi connectivity index (χ1n) is 3.02. The van der Waals surface area contributed by atoms with Gasteiger partial charge in [-0.05, 0) is 12.2 Å². The van der Waals surface area contributed by atoms with Crippen LogP contribution in [-0.2, 0) is 0 Å². The molecule has 2 aromatic rings. The first-order valence-corrected chi connectivity index (χ1v) is 3.43. The fraction of sp³-hybridized carbons (Fsp3) is 0. The smallest absolute Gasteiger partial charge is 0.306 e. The van der Waals surface area contributed by atoms with Crippen molar-refractivity contribution in [2.75, 3.05) is 5.73 Å². The van der Waals surface area contributed by atoms with E-state index in [1.54, 1.807) is 6.33 Å². The first-order chi connectivity index (χ1) is 5.27. The lowest BCUT2D eigenvalue weighted by Gasteiger charge is -1.87. The summed E-state index contributed by atoms with van der Waals surface area (Å²) in [4.78, 5) is 12.5. The fourth-order valence-electron chi connectivity index (χ4n) is 0.918. The first kappa shape index (κ1) is 6.29. The van der Waals surface area contributed by atoms with Crippen molar-refractivity contribution in [1.29, 1.82) is 0 Å². The van der Waals surface area contributed by atoms with Crippen LogP contribution in [-0.4, -0.2) is 15.0 Å². The number of fused-ring (bicyclic) bond motifs is 1. The molecule has 0 bridgehead atoms. The number of hydrogen-bond acceptors (Lipinski definition) is 3. The number of aromatic amines is 3. The molecule has 6 heteroatoms. The van der Waals surface area contributed by atoms with Crippen LogP contribution in [0.5, 0.6) is 0 Å². The molecule has 0 saturated carbocycles. The highest BCUT2D eigenvalue weighted by Gasteiger charge is 2.07. The second-order valence-electron chi connectivity index (χ2n) is 2.11. The van der Waals surface area contributed by atoms with Crippen LogP contribution in [0.15, 0.2) is 6.33 Å². The van der Waals surface area contributed by atoms with Gasteiger partial charge in [-0.3, -0.25) is 4.98 Å². The highest BCUT2D eigenvalue weighted by molar-refractivity contribution is 7.71. The standard InChI is InChI=1S/C5H5N5S/c6-3-2-4(8-1-7-2)10-5(11)9-3/h1H,(H4,6,7,8,9,10,11)/p+1. The van der Waals surface area contributed by atoms with Gasteiger partial charge in [-0.25, -0.2) is 4.98 Å². The molecule has 0 atom stereocenters. The second-order valence-corrected chi connectivity index (χ2v) is 2.50. The highest BCUT2D eigenvalue weighted by Crippen LogP contribution is 2.07. The Hall–Kier alpha value is -1.43. The molecule has 2 heterocycles. The largest absolute Gasteiger partial charge is 0.382 e. The van der Waals surface area contributed by atoms with Crippen molar-refractivity contribution < 1.29 is 4.98 Å². The van der Waals surface area contributed by atoms with Gasteiger partial charge >= 0.3 is 5.65 Å². The third kappa shape index (κ3) is 0.874. The number of H-pyrrole nitrogens is 3. The molecule has 0 saturated heterocycles. The number of anilines is 1. The lowest BCUT2D eigenvalue weighted by atomic mass is 10.5. The van der Waals surface area contributed by atoms with Crippen LogP contribution in [0.25, 0.3) is 11.2 Å². The molecule has 0 aliphatic rings. The third-order valence-electron chi connectivity index (χ3n) is 1.39. The van der Waals surface area contributed by atoms with Crippen molar-refractivity contribution in [3.05, 3.63) is 11.1 Å². The van der Waals surface area contributed by atoms with Crippen LogP contribution in [0, 0.1) is 4.77 Å². The molecule has 0 amide bonds. The van der Waals surface area contributed by atoms with Gasteiger partial charge in [0, 0.05) is 0 Å². The van der Waals surface area contributed by atoms with E-state index < -0.39 is 0 Å². The van der Waals surface area contributed by atoms with Gasteiger partial charge in [0.15, 0.2) is 12.1 Å². The van der Waals surface area contributed by atoms with Gasteiger partial charge in [-0.1, -0.05) is 4.98 Å². The summed E-state index contributed by atoms with van der Waals surface area (Å²) in [5.41, 5.74) is 7.01. The molecule has 5 N–H and O–H groups in total. The average molecular weight is 168 g/mol. The monoisotopic (exact) mass is 168 g/mol. The summed E-state index contributed by atoms with van der Waals surface area (Å²) in [6.45, 7) is 0. The summed E-state index contributed by atoms with van der Waals surface area (Å²) in [5.74, 6) is 0.501. The number of nitrogens with zero attached hydrogens (tertiary/aromatic N) is 1. The molecule has 2 rings (SSSR count). The summed E-state index contributed by atoms with van der Waals surface area (Å²) >= 11 is 4.81. The van der Waals surface area contributed by atoms with Gasteiger partial charge in [0.2, 0.25) is 5.52 Å². The maximum atomic E-state index is 5.59. The second kappa shape index (κ2) is 2.03. The third-order valence-corrected chi connectivity index (χ3v) is 1.58. The Morgan fingerprint density at radius 1 is 1.64 bits per heavy atom. The molecule has 0 aliphatic carbocycles. The summed E-state index contributed by atoms with van der Waals surface area (Å²) in [7, 11) is 0. The van der Waals surface area contributed by atoms with E-state index in [4.69, 9.17) is 18.0 Å². The molecular weight excluding hydrogens is 162 g/mol. The van der Waals surface area contributed by atoms with E-state index >= 15 is 0 Å². The van der Waals surface area contributed by atoms with Crippen molar-refractivity contribution in [2.24, 2.45) is 0 Å². The Labute approximate surface area is 66.7 Å². The summed E-state index contributed by atoms with van der Waals surface area (Å²) in [5, 5.41) is 0. The lowest BCUT2D eigenvalue weighted by Crippen LogP contribution is -2.00. The summed E-state index contributed by atoms with van der Waals surface area (Å²) in [6.07, 6.45) is 1.65. The number of nitrogens with two attached hydrogens (primary N) is 1. The number of rotatable bonds is 0. The van der Waals surface area contributed by atoms with Crippen LogP contribution in [0.2, 0.25) is 0 Å². The fourth-order valence-corrected chi connectivity index (χ4v) is 1.12. The van der Waals surface area contributed by atoms with E-state index in [1.807, 2.05) is 0 Å². The van der Waals surface area contributed by atoms with Crippen molar-refractivity contribution in [3.63, 3.8) is 0 Å². The Morgan fingerprint density at radius 3 is 3.27 bits per heavy atom. The van der Waals surface area contributed by atoms with Gasteiger partial charge < -0.3 is 10.7 Å². The topological polar surface area (TPSA) is 84.6 Å². The van der Waals surface area contributed by atoms with E-state index in [0.29, 0.717) is 16.2 Å². The molecule has 0 unspecified atom stereocenters. The van der Waals surface area contributed by atoms with E-state index in [-0.39, 0.29) is 0 Å². The van der Waals surface area contributed by atoms with Gasteiger partial charge in [-0.15, -0.1) is 0 Å². The van der Waals surface area contributed by atoms with Crippen molar-refractivity contribution >= 4 is 29.2 Å². The van der Waals surface area contributed by atoms with Crippen molar-refractivity contribution in [1.82, 2.24) is 15.0 Å². The number of nitrogens with one attached hydrogen (secondary N) is 3. The van der Waals surface area contributed by atoms with Gasteiger partial charge in [0.1, 0.15) is 0 Å². The Bertz CT molecular complexity index is 441. The normalized spacial score (nSPS) is 10.5. The minimum atomic E-state index is 0.380. The van der Waals surface area contributed by atoms with Crippen LogP contribution in [0.1, 0.15) is 0 Å².